The van der Waals surface area contributed by atoms with Crippen LogP contribution in [0.15, 0.2) is 63.7 Å². The van der Waals surface area contributed by atoms with E-state index in [9.17, 15) is 13.2 Å². The molecule has 0 aliphatic carbocycles. The van der Waals surface area contributed by atoms with Crippen molar-refractivity contribution in [2.45, 2.75) is 56.7 Å². The van der Waals surface area contributed by atoms with Gasteiger partial charge < -0.3 is 10.6 Å². The average Bonchev–Trinajstić information content (AvgIpc) is 3.45. The van der Waals surface area contributed by atoms with E-state index in [2.05, 4.69) is 51.1 Å². The number of benzene rings is 1. The molecule has 2 atom stereocenters. The quantitative estimate of drug-likeness (QED) is 0.664. The van der Waals surface area contributed by atoms with Gasteiger partial charge in [-0.2, -0.15) is 15.3 Å². The van der Waals surface area contributed by atoms with Crippen molar-refractivity contribution in [2.24, 2.45) is 17.3 Å². The molecule has 2 unspecified atom stereocenters. The van der Waals surface area contributed by atoms with Crippen molar-refractivity contribution in [2.75, 3.05) is 11.5 Å². The molecule has 1 aromatic carbocycles. The van der Waals surface area contributed by atoms with Gasteiger partial charge in [0.25, 0.3) is 5.91 Å². The van der Waals surface area contributed by atoms with E-state index in [0.29, 0.717) is 31.3 Å². The lowest BCUT2D eigenvalue weighted by atomic mass is 9.61. The third-order valence-electron chi connectivity index (χ3n) is 8.32. The number of aromatic nitrogens is 2. The number of carbonyl (C=O) groups is 1. The molecule has 1 amide bonds. The lowest BCUT2D eigenvalue weighted by Gasteiger charge is -2.50. The number of hydrogen-bond donors (Lipinski definition) is 2. The molecule has 4 aliphatic heterocycles. The molecule has 0 bridgehead atoms. The zero-order chi connectivity index (χ0) is 25.3. The van der Waals surface area contributed by atoms with Gasteiger partial charge in [0.05, 0.1) is 34.4 Å². The predicted molar refractivity (Wildman–Crippen MR) is 136 cm³/mol. The maximum atomic E-state index is 14.0. The molecule has 188 valence electrons. The van der Waals surface area contributed by atoms with Crippen LogP contribution >= 0.6 is 0 Å². The smallest absolute Gasteiger partial charge is 0.250 e. The number of hydrogen-bond acceptors (Lipinski definition) is 7. The molecule has 2 N–H and O–H groups in total. The Bertz CT molecular complexity index is 1470. The fraction of sp³-hybridized carbons (Fsp3) is 0.462. The molecule has 1 saturated heterocycles. The van der Waals surface area contributed by atoms with Crippen molar-refractivity contribution in [3.05, 3.63) is 64.8 Å². The summed E-state index contributed by atoms with van der Waals surface area (Å²) in [5.74, 6) is 0.0460. The third kappa shape index (κ3) is 3.37. The number of fused-ring (bicyclic) bond motifs is 1. The van der Waals surface area contributed by atoms with Crippen molar-refractivity contribution in [1.29, 1.82) is 0 Å². The van der Waals surface area contributed by atoms with Crippen LogP contribution in [-0.2, 0) is 27.1 Å². The number of rotatable bonds is 3. The van der Waals surface area contributed by atoms with Crippen LogP contribution in [0, 0.1) is 6.92 Å². The summed E-state index contributed by atoms with van der Waals surface area (Å²) in [7, 11) is -1.15. The highest BCUT2D eigenvalue weighted by Gasteiger charge is 2.55. The normalized spacial score (nSPS) is 27.8. The Kier molecular flexibility index (Phi) is 5.06. The summed E-state index contributed by atoms with van der Waals surface area (Å²) in [4.78, 5) is 14.0. The molecule has 36 heavy (non-hydrogen) atoms. The third-order valence-corrected chi connectivity index (χ3v) is 9.97. The minimum atomic E-state index is -3.06. The van der Waals surface area contributed by atoms with E-state index in [-0.39, 0.29) is 23.6 Å². The zero-order valence-corrected chi connectivity index (χ0v) is 21.5. The van der Waals surface area contributed by atoms with Gasteiger partial charge in [-0.15, -0.1) is 0 Å². The highest BCUT2D eigenvalue weighted by atomic mass is 32.2. The fourth-order valence-electron chi connectivity index (χ4n) is 6.50. The monoisotopic (exact) mass is 506 g/mol. The molecule has 9 nitrogen and oxygen atoms in total. The molecule has 1 fully saturated rings. The first kappa shape index (κ1) is 23.1. The van der Waals surface area contributed by atoms with Crippen LogP contribution in [0.5, 0.6) is 0 Å². The highest BCUT2D eigenvalue weighted by molar-refractivity contribution is 7.91. The van der Waals surface area contributed by atoms with E-state index in [1.807, 2.05) is 30.9 Å². The standard InChI is InChI=1S/C26H30N6O3S/c1-4-26(18-7-5-6-17(12-18)19-15-32(3)31-16(19)2)20-14-27-30-23(20)28-21-13-25(29-24(33)22(21)26)8-10-36(34,35)11-9-25/h5-7,12,14-15,23,28H,4,8-11,13H2,1-3H3,(H,29,33). The van der Waals surface area contributed by atoms with Crippen molar-refractivity contribution in [3.63, 3.8) is 0 Å². The number of nitrogens with one attached hydrogen (secondary N) is 2. The number of sulfone groups is 1. The lowest BCUT2D eigenvalue weighted by molar-refractivity contribution is -0.121. The highest BCUT2D eigenvalue weighted by Crippen LogP contribution is 2.52. The van der Waals surface area contributed by atoms with Crippen LogP contribution in [-0.4, -0.2) is 47.3 Å². The average molecular weight is 507 g/mol. The van der Waals surface area contributed by atoms with Gasteiger partial charge in [-0.05, 0) is 43.4 Å². The zero-order valence-electron chi connectivity index (χ0n) is 20.7. The van der Waals surface area contributed by atoms with Gasteiger partial charge in [0.15, 0.2) is 6.17 Å². The molecule has 6 rings (SSSR count). The van der Waals surface area contributed by atoms with Crippen LogP contribution in [0.25, 0.3) is 11.1 Å². The molecule has 0 radical (unpaired) electrons. The van der Waals surface area contributed by atoms with E-state index in [4.69, 9.17) is 0 Å². The minimum Gasteiger partial charge on any atom is -0.362 e. The first-order valence-corrected chi connectivity index (χ1v) is 14.2. The second kappa shape index (κ2) is 7.86. The van der Waals surface area contributed by atoms with Crippen molar-refractivity contribution in [3.8, 4) is 11.1 Å². The summed E-state index contributed by atoms with van der Waals surface area (Å²) < 4.78 is 26.0. The van der Waals surface area contributed by atoms with Crippen molar-refractivity contribution >= 4 is 15.7 Å². The van der Waals surface area contributed by atoms with Crippen molar-refractivity contribution in [1.82, 2.24) is 20.4 Å². The van der Waals surface area contributed by atoms with E-state index in [1.54, 1.807) is 6.20 Å². The topological polar surface area (TPSA) is 118 Å². The molecule has 10 heteroatoms. The van der Waals surface area contributed by atoms with Crippen LogP contribution in [0.4, 0.5) is 0 Å². The molecule has 1 aromatic heterocycles. The van der Waals surface area contributed by atoms with Gasteiger partial charge in [-0.3, -0.25) is 9.48 Å². The Hall–Kier alpha value is -3.27. The van der Waals surface area contributed by atoms with Gasteiger partial charge in [-0.25, -0.2) is 8.42 Å². The Morgan fingerprint density at radius 1 is 1.22 bits per heavy atom. The van der Waals surface area contributed by atoms with E-state index in [1.165, 1.54) is 0 Å². The maximum absolute atomic E-state index is 14.0. The predicted octanol–water partition coefficient (Wildman–Crippen LogP) is 3.04. The number of amides is 1. The summed E-state index contributed by atoms with van der Waals surface area (Å²) in [6.45, 7) is 4.09. The summed E-state index contributed by atoms with van der Waals surface area (Å²) in [5.41, 5.74) is 5.30. The van der Waals surface area contributed by atoms with Crippen molar-refractivity contribution < 1.29 is 13.2 Å². The van der Waals surface area contributed by atoms with Gasteiger partial charge in [0.2, 0.25) is 0 Å². The summed E-state index contributed by atoms with van der Waals surface area (Å²) in [5, 5.41) is 19.9. The minimum absolute atomic E-state index is 0.0929. The first-order chi connectivity index (χ1) is 17.2. The molecule has 0 saturated carbocycles. The van der Waals surface area contributed by atoms with Gasteiger partial charge in [0, 0.05) is 42.0 Å². The fourth-order valence-corrected chi connectivity index (χ4v) is 8.11. The second-order valence-electron chi connectivity index (χ2n) is 10.4. The summed E-state index contributed by atoms with van der Waals surface area (Å²) in [6, 6.07) is 8.34. The van der Waals surface area contributed by atoms with Gasteiger partial charge >= 0.3 is 0 Å². The lowest BCUT2D eigenvalue weighted by Crippen LogP contribution is -2.62. The van der Waals surface area contributed by atoms with E-state index < -0.39 is 20.8 Å². The first-order valence-electron chi connectivity index (χ1n) is 12.4. The number of carbonyl (C=O) groups excluding carboxylic acids is 1. The Morgan fingerprint density at radius 2 is 2.00 bits per heavy atom. The summed E-state index contributed by atoms with van der Waals surface area (Å²) in [6.07, 6.45) is 5.51. The number of azo groups is 1. The SMILES string of the molecule is CCC1(c2cccc(-c3cn(C)nc3C)c2)C2=CN=NC2NC2=C1C(=O)NC1(CCS(=O)(=O)CC1)C2. The Balaban J connectivity index is 1.50. The summed E-state index contributed by atoms with van der Waals surface area (Å²) >= 11 is 0. The van der Waals surface area contributed by atoms with E-state index in [0.717, 1.165) is 33.7 Å². The molecule has 1 spiro atoms. The molecule has 4 aliphatic rings. The Morgan fingerprint density at radius 3 is 2.69 bits per heavy atom. The largest absolute Gasteiger partial charge is 0.362 e. The second-order valence-corrected chi connectivity index (χ2v) is 12.7. The number of aryl methyl sites for hydroxylation is 2. The maximum Gasteiger partial charge on any atom is 0.250 e. The molecule has 5 heterocycles. The van der Waals surface area contributed by atoms with E-state index >= 15 is 0 Å². The van der Waals surface area contributed by atoms with Crippen LogP contribution in [0.3, 0.4) is 0 Å². The molecular formula is C26H30N6O3S. The van der Waals surface area contributed by atoms with Crippen LogP contribution in [0.2, 0.25) is 0 Å². The van der Waals surface area contributed by atoms with Gasteiger partial charge in [-0.1, -0.05) is 25.1 Å². The number of nitrogens with zero attached hydrogens (tertiary/aromatic N) is 4. The van der Waals surface area contributed by atoms with Crippen LogP contribution < -0.4 is 10.6 Å². The van der Waals surface area contributed by atoms with Crippen LogP contribution in [0.1, 0.15) is 43.9 Å². The molecular weight excluding hydrogens is 476 g/mol. The van der Waals surface area contributed by atoms with Gasteiger partial charge in [0.1, 0.15) is 9.84 Å². The Labute approximate surface area is 210 Å². The molecule has 2 aromatic rings.